The van der Waals surface area contributed by atoms with Crippen molar-refractivity contribution in [3.8, 4) is 0 Å². The molecule has 0 saturated heterocycles. The van der Waals surface area contributed by atoms with Gasteiger partial charge in [-0.25, -0.2) is 4.98 Å². The van der Waals surface area contributed by atoms with Gasteiger partial charge >= 0.3 is 0 Å². The van der Waals surface area contributed by atoms with E-state index < -0.39 is 0 Å². The van der Waals surface area contributed by atoms with Gasteiger partial charge in [0.15, 0.2) is 0 Å². The summed E-state index contributed by atoms with van der Waals surface area (Å²) in [5.74, 6) is 0.793. The fourth-order valence-corrected chi connectivity index (χ4v) is 3.00. The molecule has 0 aliphatic heterocycles. The van der Waals surface area contributed by atoms with Crippen molar-refractivity contribution < 1.29 is 0 Å². The second-order valence-corrected chi connectivity index (χ2v) is 5.12. The van der Waals surface area contributed by atoms with E-state index in [0.717, 1.165) is 12.5 Å². The fourth-order valence-electron chi connectivity index (χ4n) is 1.74. The number of rotatable bonds is 4. The van der Waals surface area contributed by atoms with Crippen molar-refractivity contribution in [1.82, 2.24) is 10.3 Å². The van der Waals surface area contributed by atoms with Crippen LogP contribution in [0.3, 0.4) is 0 Å². The third kappa shape index (κ3) is 1.98. The van der Waals surface area contributed by atoms with Crippen molar-refractivity contribution in [1.29, 1.82) is 0 Å². The zero-order valence-corrected chi connectivity index (χ0v) is 9.95. The van der Waals surface area contributed by atoms with E-state index in [1.165, 1.54) is 28.4 Å². The summed E-state index contributed by atoms with van der Waals surface area (Å²) in [6.45, 7) is 7.53. The van der Waals surface area contributed by atoms with Gasteiger partial charge < -0.3 is 5.32 Å². The molecule has 1 fully saturated rings. The molecule has 0 amide bonds. The summed E-state index contributed by atoms with van der Waals surface area (Å²) in [5, 5.41) is 4.81. The molecule has 1 unspecified atom stereocenters. The maximum atomic E-state index is 4.65. The van der Waals surface area contributed by atoms with E-state index in [9.17, 15) is 0 Å². The molecule has 1 aliphatic carbocycles. The molecule has 1 atom stereocenters. The highest BCUT2D eigenvalue weighted by Crippen LogP contribution is 2.43. The van der Waals surface area contributed by atoms with Crippen LogP contribution in [-0.2, 0) is 0 Å². The summed E-state index contributed by atoms with van der Waals surface area (Å²) in [6.07, 6.45) is 2.70. The summed E-state index contributed by atoms with van der Waals surface area (Å²) in [6, 6.07) is 0.463. The van der Waals surface area contributed by atoms with Crippen LogP contribution in [0.25, 0.3) is 0 Å². The molecule has 1 aromatic heterocycles. The number of nitrogens with one attached hydrogen (secondary N) is 1. The highest BCUT2D eigenvalue weighted by Gasteiger charge is 2.28. The number of hydrogen-bond donors (Lipinski definition) is 1. The van der Waals surface area contributed by atoms with Gasteiger partial charge in [0.25, 0.3) is 0 Å². The first-order valence-electron chi connectivity index (χ1n) is 5.43. The van der Waals surface area contributed by atoms with Crippen LogP contribution in [-0.4, -0.2) is 11.5 Å². The average molecular weight is 210 g/mol. The lowest BCUT2D eigenvalue weighted by molar-refractivity contribution is 0.603. The molecule has 1 heterocycles. The Morgan fingerprint density at radius 3 is 2.86 bits per heavy atom. The number of nitrogens with zero attached hydrogens (tertiary/aromatic N) is 1. The van der Waals surface area contributed by atoms with Crippen LogP contribution in [0.15, 0.2) is 0 Å². The Hall–Kier alpha value is -0.410. The van der Waals surface area contributed by atoms with Crippen molar-refractivity contribution in [2.75, 3.05) is 6.54 Å². The first-order chi connectivity index (χ1) is 6.72. The molecule has 0 bridgehead atoms. The summed E-state index contributed by atoms with van der Waals surface area (Å²) >= 11 is 1.90. The molecular weight excluding hydrogens is 192 g/mol. The van der Waals surface area contributed by atoms with E-state index in [1.807, 2.05) is 11.3 Å². The minimum absolute atomic E-state index is 0.463. The zero-order chi connectivity index (χ0) is 10.1. The molecule has 14 heavy (non-hydrogen) atoms. The Kier molecular flexibility index (Phi) is 2.88. The minimum Gasteiger partial charge on any atom is -0.310 e. The molecular formula is C11H18N2S. The van der Waals surface area contributed by atoms with Gasteiger partial charge in [0.2, 0.25) is 0 Å². The second kappa shape index (κ2) is 3.99. The van der Waals surface area contributed by atoms with Crippen LogP contribution < -0.4 is 5.32 Å². The second-order valence-electron chi connectivity index (χ2n) is 4.06. The Morgan fingerprint density at radius 1 is 1.57 bits per heavy atom. The van der Waals surface area contributed by atoms with Crippen LogP contribution >= 0.6 is 11.3 Å². The maximum Gasteiger partial charge on any atom is 0.0962 e. The third-order valence-corrected chi connectivity index (χ3v) is 4.18. The quantitative estimate of drug-likeness (QED) is 0.826. The standard InChI is InChI=1S/C11H18N2S/c1-4-12-7(2)10-8(3)13-11(14-10)9-5-6-9/h7,9,12H,4-6H2,1-3H3. The van der Waals surface area contributed by atoms with Crippen LogP contribution in [0, 0.1) is 6.92 Å². The Morgan fingerprint density at radius 2 is 2.29 bits per heavy atom. The number of hydrogen-bond acceptors (Lipinski definition) is 3. The summed E-state index contributed by atoms with van der Waals surface area (Å²) in [5.41, 5.74) is 1.23. The smallest absolute Gasteiger partial charge is 0.0962 e. The van der Waals surface area contributed by atoms with Crippen molar-refractivity contribution in [2.45, 2.75) is 45.6 Å². The van der Waals surface area contributed by atoms with Crippen molar-refractivity contribution in [3.63, 3.8) is 0 Å². The van der Waals surface area contributed by atoms with Gasteiger partial charge in [-0.05, 0) is 33.2 Å². The van der Waals surface area contributed by atoms with Crippen LogP contribution in [0.1, 0.15) is 54.2 Å². The van der Waals surface area contributed by atoms with E-state index in [1.54, 1.807) is 0 Å². The van der Waals surface area contributed by atoms with E-state index in [4.69, 9.17) is 0 Å². The molecule has 2 rings (SSSR count). The summed E-state index contributed by atoms with van der Waals surface area (Å²) < 4.78 is 0. The average Bonchev–Trinajstić information content (AvgIpc) is 2.91. The normalized spacial score (nSPS) is 18.5. The fraction of sp³-hybridized carbons (Fsp3) is 0.727. The zero-order valence-electron chi connectivity index (χ0n) is 9.13. The maximum absolute atomic E-state index is 4.65. The van der Waals surface area contributed by atoms with E-state index in [2.05, 4.69) is 31.1 Å². The SMILES string of the molecule is CCNC(C)c1sc(C2CC2)nc1C. The van der Waals surface area contributed by atoms with Gasteiger partial charge in [0.1, 0.15) is 0 Å². The molecule has 1 aromatic rings. The highest BCUT2D eigenvalue weighted by molar-refractivity contribution is 7.12. The summed E-state index contributed by atoms with van der Waals surface area (Å²) in [4.78, 5) is 6.08. The van der Waals surface area contributed by atoms with Gasteiger partial charge in [-0.2, -0.15) is 0 Å². The van der Waals surface area contributed by atoms with Crippen LogP contribution in [0.5, 0.6) is 0 Å². The molecule has 78 valence electrons. The Labute approximate surface area is 89.8 Å². The molecule has 0 radical (unpaired) electrons. The van der Waals surface area contributed by atoms with Gasteiger partial charge in [-0.3, -0.25) is 0 Å². The highest BCUT2D eigenvalue weighted by atomic mass is 32.1. The van der Waals surface area contributed by atoms with E-state index in [0.29, 0.717) is 6.04 Å². The van der Waals surface area contributed by atoms with Crippen LogP contribution in [0.4, 0.5) is 0 Å². The summed E-state index contributed by atoms with van der Waals surface area (Å²) in [7, 11) is 0. The first kappa shape index (κ1) is 10.1. The lowest BCUT2D eigenvalue weighted by Crippen LogP contribution is -2.17. The lowest BCUT2D eigenvalue weighted by Gasteiger charge is -2.09. The van der Waals surface area contributed by atoms with Gasteiger partial charge in [0, 0.05) is 16.8 Å². The largest absolute Gasteiger partial charge is 0.310 e. The number of aryl methyl sites for hydroxylation is 1. The van der Waals surface area contributed by atoms with E-state index >= 15 is 0 Å². The Bertz CT molecular complexity index is 315. The predicted molar refractivity (Wildman–Crippen MR) is 60.9 cm³/mol. The predicted octanol–water partition coefficient (Wildman–Crippen LogP) is 3.00. The molecule has 3 heteroatoms. The Balaban J connectivity index is 2.15. The van der Waals surface area contributed by atoms with Crippen molar-refractivity contribution >= 4 is 11.3 Å². The molecule has 2 nitrogen and oxygen atoms in total. The van der Waals surface area contributed by atoms with Crippen molar-refractivity contribution in [3.05, 3.63) is 15.6 Å². The van der Waals surface area contributed by atoms with Crippen LogP contribution in [0.2, 0.25) is 0 Å². The molecule has 0 spiro atoms. The lowest BCUT2D eigenvalue weighted by atomic mass is 10.2. The van der Waals surface area contributed by atoms with E-state index in [-0.39, 0.29) is 0 Å². The molecule has 1 aliphatic rings. The molecule has 0 aromatic carbocycles. The third-order valence-electron chi connectivity index (χ3n) is 2.68. The number of thiazole rings is 1. The van der Waals surface area contributed by atoms with Crippen molar-refractivity contribution in [2.24, 2.45) is 0 Å². The van der Waals surface area contributed by atoms with Gasteiger partial charge in [-0.1, -0.05) is 6.92 Å². The number of aromatic nitrogens is 1. The van der Waals surface area contributed by atoms with Gasteiger partial charge in [-0.15, -0.1) is 11.3 Å². The van der Waals surface area contributed by atoms with Gasteiger partial charge in [0.05, 0.1) is 10.7 Å². The molecule has 1 saturated carbocycles. The monoisotopic (exact) mass is 210 g/mol. The minimum atomic E-state index is 0.463. The topological polar surface area (TPSA) is 24.9 Å². The first-order valence-corrected chi connectivity index (χ1v) is 6.24. The molecule has 1 N–H and O–H groups in total.